The molecule has 2 rings (SSSR count). The summed E-state index contributed by atoms with van der Waals surface area (Å²) in [6.45, 7) is 4.68. The van der Waals surface area contributed by atoms with Crippen LogP contribution in [-0.4, -0.2) is 18.4 Å². The molecule has 2 unspecified atom stereocenters. The minimum atomic E-state index is -0.408. The Balaban J connectivity index is 2.29. The van der Waals surface area contributed by atoms with Crippen LogP contribution in [0.2, 0.25) is 0 Å². The lowest BCUT2D eigenvalue weighted by atomic mass is 9.91. The molecule has 3 heteroatoms. The molecular formula is C13H16FNO. The Morgan fingerprint density at radius 2 is 2.25 bits per heavy atom. The fourth-order valence-electron chi connectivity index (χ4n) is 2.24. The molecule has 2 nitrogen and oxygen atoms in total. The maximum atomic E-state index is 13.6. The predicted octanol–water partition coefficient (Wildman–Crippen LogP) is 2.31. The Morgan fingerprint density at radius 3 is 2.88 bits per heavy atom. The van der Waals surface area contributed by atoms with E-state index in [1.807, 2.05) is 13.8 Å². The van der Waals surface area contributed by atoms with Crippen LogP contribution in [0.25, 0.3) is 0 Å². The van der Waals surface area contributed by atoms with Crippen LogP contribution in [0.5, 0.6) is 0 Å². The molecule has 0 radical (unpaired) electrons. The van der Waals surface area contributed by atoms with Crippen LogP contribution in [0, 0.1) is 18.7 Å². The van der Waals surface area contributed by atoms with E-state index >= 15 is 0 Å². The molecule has 0 amide bonds. The molecule has 0 aliphatic carbocycles. The molecule has 1 saturated heterocycles. The second kappa shape index (κ2) is 4.34. The van der Waals surface area contributed by atoms with Crippen LogP contribution >= 0.6 is 0 Å². The molecule has 1 heterocycles. The van der Waals surface area contributed by atoms with E-state index in [0.717, 1.165) is 18.5 Å². The lowest BCUT2D eigenvalue weighted by Gasteiger charge is -2.14. The Labute approximate surface area is 94.9 Å². The Bertz CT molecular complexity index is 416. The van der Waals surface area contributed by atoms with Crippen LogP contribution < -0.4 is 5.32 Å². The minimum Gasteiger partial charge on any atom is -0.313 e. The van der Waals surface area contributed by atoms with Crippen molar-refractivity contribution in [3.63, 3.8) is 0 Å². The fourth-order valence-corrected chi connectivity index (χ4v) is 2.24. The third-order valence-electron chi connectivity index (χ3n) is 3.25. The van der Waals surface area contributed by atoms with Crippen molar-refractivity contribution in [2.24, 2.45) is 5.92 Å². The highest BCUT2D eigenvalue weighted by Gasteiger charge is 2.31. The van der Waals surface area contributed by atoms with Crippen LogP contribution in [-0.2, 0) is 0 Å². The number of benzene rings is 1. The van der Waals surface area contributed by atoms with Gasteiger partial charge in [0.2, 0.25) is 0 Å². The average molecular weight is 221 g/mol. The summed E-state index contributed by atoms with van der Waals surface area (Å²) in [4.78, 5) is 12.2. The second-order valence-electron chi connectivity index (χ2n) is 4.49. The summed E-state index contributed by atoms with van der Waals surface area (Å²) >= 11 is 0. The SMILES string of the molecule is Cc1ccc(F)c(C(=O)C2CCNC2C)c1. The smallest absolute Gasteiger partial charge is 0.170 e. The van der Waals surface area contributed by atoms with Crippen LogP contribution in [0.15, 0.2) is 18.2 Å². The van der Waals surface area contributed by atoms with Gasteiger partial charge >= 0.3 is 0 Å². The monoisotopic (exact) mass is 221 g/mol. The molecule has 1 N–H and O–H groups in total. The van der Waals surface area contributed by atoms with E-state index in [2.05, 4.69) is 5.32 Å². The third-order valence-corrected chi connectivity index (χ3v) is 3.25. The molecule has 1 aliphatic heterocycles. The number of hydrogen-bond donors (Lipinski definition) is 1. The second-order valence-corrected chi connectivity index (χ2v) is 4.49. The van der Waals surface area contributed by atoms with Gasteiger partial charge in [-0.1, -0.05) is 11.6 Å². The molecule has 1 aliphatic rings. The van der Waals surface area contributed by atoms with Crippen molar-refractivity contribution in [1.29, 1.82) is 0 Å². The van der Waals surface area contributed by atoms with Crippen molar-refractivity contribution >= 4 is 5.78 Å². The lowest BCUT2D eigenvalue weighted by molar-refractivity contribution is 0.0910. The maximum Gasteiger partial charge on any atom is 0.170 e. The third kappa shape index (κ3) is 2.00. The quantitative estimate of drug-likeness (QED) is 0.776. The molecule has 0 bridgehead atoms. The summed E-state index contributed by atoms with van der Waals surface area (Å²) in [5.41, 5.74) is 1.16. The summed E-state index contributed by atoms with van der Waals surface area (Å²) in [5, 5.41) is 3.21. The van der Waals surface area contributed by atoms with E-state index < -0.39 is 5.82 Å². The zero-order valence-electron chi connectivity index (χ0n) is 9.59. The van der Waals surface area contributed by atoms with Gasteiger partial charge in [0.05, 0.1) is 5.56 Å². The van der Waals surface area contributed by atoms with Gasteiger partial charge in [-0.25, -0.2) is 4.39 Å². The molecule has 0 spiro atoms. The van der Waals surface area contributed by atoms with Crippen LogP contribution in [0.1, 0.15) is 29.3 Å². The van der Waals surface area contributed by atoms with E-state index in [1.165, 1.54) is 6.07 Å². The number of carbonyl (C=O) groups is 1. The largest absolute Gasteiger partial charge is 0.313 e. The summed E-state index contributed by atoms with van der Waals surface area (Å²) in [5.74, 6) is -0.565. The van der Waals surface area contributed by atoms with E-state index in [4.69, 9.17) is 0 Å². The number of ketones is 1. The number of carbonyl (C=O) groups excluding carboxylic acids is 1. The maximum absolute atomic E-state index is 13.6. The molecule has 0 saturated carbocycles. The summed E-state index contributed by atoms with van der Waals surface area (Å²) in [6, 6.07) is 4.84. The summed E-state index contributed by atoms with van der Waals surface area (Å²) in [6.07, 6.45) is 0.799. The molecule has 86 valence electrons. The van der Waals surface area contributed by atoms with Gasteiger partial charge in [0.1, 0.15) is 5.82 Å². The molecule has 1 aromatic rings. The molecule has 16 heavy (non-hydrogen) atoms. The van der Waals surface area contributed by atoms with Gasteiger partial charge in [0.15, 0.2) is 5.78 Å². The number of Topliss-reactive ketones (excluding diaryl/α,β-unsaturated/α-hetero) is 1. The van der Waals surface area contributed by atoms with Crippen molar-refractivity contribution in [1.82, 2.24) is 5.32 Å². The van der Waals surface area contributed by atoms with Crippen molar-refractivity contribution in [2.45, 2.75) is 26.3 Å². The highest BCUT2D eigenvalue weighted by atomic mass is 19.1. The first kappa shape index (κ1) is 11.3. The van der Waals surface area contributed by atoms with Crippen molar-refractivity contribution < 1.29 is 9.18 Å². The number of nitrogens with one attached hydrogen (secondary N) is 1. The Kier molecular flexibility index (Phi) is 3.06. The van der Waals surface area contributed by atoms with E-state index in [1.54, 1.807) is 12.1 Å². The predicted molar refractivity (Wildman–Crippen MR) is 61.0 cm³/mol. The highest BCUT2D eigenvalue weighted by molar-refractivity contribution is 5.98. The van der Waals surface area contributed by atoms with Gasteiger partial charge in [-0.3, -0.25) is 4.79 Å². The van der Waals surface area contributed by atoms with Gasteiger partial charge in [0, 0.05) is 12.0 Å². The minimum absolute atomic E-state index is 0.0706. The zero-order chi connectivity index (χ0) is 11.7. The first-order valence-electron chi connectivity index (χ1n) is 5.63. The molecule has 1 fully saturated rings. The molecular weight excluding hydrogens is 205 g/mol. The standard InChI is InChI=1S/C13H16FNO/c1-8-3-4-12(14)11(7-8)13(16)10-5-6-15-9(10)2/h3-4,7,9-10,15H,5-6H2,1-2H3. The average Bonchev–Trinajstić information content (AvgIpc) is 2.67. The number of hydrogen-bond acceptors (Lipinski definition) is 2. The van der Waals surface area contributed by atoms with Crippen LogP contribution in [0.3, 0.4) is 0 Å². The molecule has 1 aromatic carbocycles. The molecule has 0 aromatic heterocycles. The Morgan fingerprint density at radius 1 is 1.50 bits per heavy atom. The van der Waals surface area contributed by atoms with E-state index in [0.29, 0.717) is 0 Å². The van der Waals surface area contributed by atoms with Gasteiger partial charge in [-0.05, 0) is 38.9 Å². The first-order valence-corrected chi connectivity index (χ1v) is 5.63. The van der Waals surface area contributed by atoms with Crippen molar-refractivity contribution in [3.05, 3.63) is 35.1 Å². The van der Waals surface area contributed by atoms with Gasteiger partial charge in [0.25, 0.3) is 0 Å². The number of rotatable bonds is 2. The molecule has 2 atom stereocenters. The van der Waals surface area contributed by atoms with Crippen molar-refractivity contribution in [3.8, 4) is 0 Å². The van der Waals surface area contributed by atoms with Crippen molar-refractivity contribution in [2.75, 3.05) is 6.54 Å². The zero-order valence-corrected chi connectivity index (χ0v) is 9.59. The number of aryl methyl sites for hydroxylation is 1. The Hall–Kier alpha value is -1.22. The highest BCUT2D eigenvalue weighted by Crippen LogP contribution is 2.22. The van der Waals surface area contributed by atoms with Gasteiger partial charge in [-0.2, -0.15) is 0 Å². The van der Waals surface area contributed by atoms with Gasteiger partial charge < -0.3 is 5.32 Å². The summed E-state index contributed by atoms with van der Waals surface area (Å²) < 4.78 is 13.6. The fraction of sp³-hybridized carbons (Fsp3) is 0.462. The van der Waals surface area contributed by atoms with E-state index in [9.17, 15) is 9.18 Å². The van der Waals surface area contributed by atoms with E-state index in [-0.39, 0.29) is 23.3 Å². The topological polar surface area (TPSA) is 29.1 Å². The normalized spacial score (nSPS) is 24.7. The van der Waals surface area contributed by atoms with Gasteiger partial charge in [-0.15, -0.1) is 0 Å². The van der Waals surface area contributed by atoms with Crippen LogP contribution in [0.4, 0.5) is 4.39 Å². The summed E-state index contributed by atoms with van der Waals surface area (Å²) in [7, 11) is 0. The number of halogens is 1. The first-order chi connectivity index (χ1) is 7.59. The lowest BCUT2D eigenvalue weighted by Crippen LogP contribution is -2.28.